The van der Waals surface area contributed by atoms with Crippen molar-refractivity contribution in [2.24, 2.45) is 0 Å². The molecule has 0 N–H and O–H groups in total. The van der Waals surface area contributed by atoms with E-state index in [1.807, 2.05) is 143 Å². The van der Waals surface area contributed by atoms with Gasteiger partial charge in [0.2, 0.25) is 0 Å². The Morgan fingerprint density at radius 2 is 0.643 bits per heavy atom. The molecule has 5 nitrogen and oxygen atoms in total. The molecule has 9 aromatic carbocycles. The third kappa shape index (κ3) is 7.34. The molecule has 12 rings (SSSR count). The Morgan fingerprint density at radius 3 is 1.06 bits per heavy atom. The Labute approximate surface area is 396 Å². The Hall–Kier alpha value is -8.83. The molecule has 0 amide bonds. The largest absolute Gasteiger partial charge is 0.416 e. The fourth-order valence-corrected chi connectivity index (χ4v) is 9.59. The van der Waals surface area contributed by atoms with Crippen LogP contribution in [-0.2, 0) is 12.4 Å². The molecule has 3 heterocycles. The summed E-state index contributed by atoms with van der Waals surface area (Å²) in [5.41, 5.74) is 5.93. The SMILES string of the molecule is FC(F)(F)c1ccc(-n2c3ccccc3c3cc(-c4ccccc4)ccc32)c(-c2nc(-c3ccccc3)nc(-c3cc(C(F)(F)F)ccc3-n3c4ccccc4c4cc(-c5ccccc5)ccc43)n2)c1. The predicted octanol–water partition coefficient (Wildman–Crippen LogP) is 16.4. The van der Waals surface area contributed by atoms with Gasteiger partial charge in [-0.3, -0.25) is 0 Å². The lowest BCUT2D eigenvalue weighted by atomic mass is 10.0. The summed E-state index contributed by atoms with van der Waals surface area (Å²) < 4.78 is 93.4. The molecule has 0 bridgehead atoms. The Balaban J connectivity index is 1.14. The number of halogens is 6. The highest BCUT2D eigenvalue weighted by Crippen LogP contribution is 2.43. The number of para-hydroxylation sites is 2. The quantitative estimate of drug-likeness (QED) is 0.150. The number of fused-ring (bicyclic) bond motifs is 6. The second-order valence-electron chi connectivity index (χ2n) is 17.0. The van der Waals surface area contributed by atoms with E-state index in [1.54, 1.807) is 30.3 Å². The maximum Gasteiger partial charge on any atom is 0.416 e. The maximum atomic E-state index is 14.9. The van der Waals surface area contributed by atoms with Crippen LogP contribution in [0.1, 0.15) is 11.1 Å². The van der Waals surface area contributed by atoms with E-state index in [4.69, 9.17) is 15.0 Å². The average Bonchev–Trinajstić information content (AvgIpc) is 3.90. The van der Waals surface area contributed by atoms with E-state index < -0.39 is 23.5 Å². The van der Waals surface area contributed by atoms with Gasteiger partial charge in [0.05, 0.1) is 44.6 Å². The van der Waals surface area contributed by atoms with Crippen molar-refractivity contribution in [2.75, 3.05) is 0 Å². The second-order valence-corrected chi connectivity index (χ2v) is 17.0. The van der Waals surface area contributed by atoms with E-state index in [0.29, 0.717) is 39.0 Å². The summed E-state index contributed by atoms with van der Waals surface area (Å²) in [5.74, 6) is -0.290. The van der Waals surface area contributed by atoms with Crippen LogP contribution in [0.25, 0.3) is 111 Å². The van der Waals surface area contributed by atoms with Gasteiger partial charge >= 0.3 is 12.4 Å². The molecule has 0 aliphatic heterocycles. The number of nitrogens with zero attached hydrogens (tertiary/aromatic N) is 5. The molecule has 0 radical (unpaired) electrons. The lowest BCUT2D eigenvalue weighted by Gasteiger charge is -2.19. The molecular formula is C59H35F6N5. The smallest absolute Gasteiger partial charge is 0.309 e. The van der Waals surface area contributed by atoms with Gasteiger partial charge in [0.25, 0.3) is 0 Å². The Kier molecular flexibility index (Phi) is 9.99. The monoisotopic (exact) mass is 927 g/mol. The van der Waals surface area contributed by atoms with Crippen molar-refractivity contribution < 1.29 is 26.3 Å². The highest BCUT2D eigenvalue weighted by molar-refractivity contribution is 6.12. The summed E-state index contributed by atoms with van der Waals surface area (Å²) in [5, 5.41) is 3.44. The third-order valence-corrected chi connectivity index (χ3v) is 12.8. The van der Waals surface area contributed by atoms with Crippen molar-refractivity contribution in [1.29, 1.82) is 0 Å². The maximum absolute atomic E-state index is 14.9. The Bertz CT molecular complexity index is 3730. The number of hydrogen-bond acceptors (Lipinski definition) is 3. The number of aromatic nitrogens is 5. The average molecular weight is 928 g/mol. The molecule has 0 aliphatic rings. The lowest BCUT2D eigenvalue weighted by Crippen LogP contribution is -2.10. The van der Waals surface area contributed by atoms with Gasteiger partial charge in [0.15, 0.2) is 17.5 Å². The second kappa shape index (κ2) is 16.4. The number of hydrogen-bond donors (Lipinski definition) is 0. The molecule has 0 aliphatic carbocycles. The van der Waals surface area contributed by atoms with E-state index in [-0.39, 0.29) is 28.6 Å². The standard InChI is InChI=1S/C59H35F6N5/c60-58(61,62)41-26-30-53(69-49-22-12-10-20-43(49)45-32-39(24-28-51(45)69)36-14-4-1-5-15-36)47(34-41)56-66-55(38-18-8-3-9-19-38)67-57(68-56)48-35-42(59(63,64)65)27-31-54(48)70-50-23-13-11-21-44(50)46-33-40(25-29-52(46)70)37-16-6-2-7-17-37/h1-35H. The molecule has 11 heteroatoms. The lowest BCUT2D eigenvalue weighted by molar-refractivity contribution is -0.138. The zero-order valence-corrected chi connectivity index (χ0v) is 36.7. The zero-order valence-electron chi connectivity index (χ0n) is 36.7. The minimum absolute atomic E-state index is 0.00993. The van der Waals surface area contributed by atoms with Gasteiger partial charge in [-0.05, 0) is 95.1 Å². The normalized spacial score (nSPS) is 12.1. The minimum atomic E-state index is -4.78. The molecule has 338 valence electrons. The molecule has 0 fully saturated rings. The van der Waals surface area contributed by atoms with Gasteiger partial charge < -0.3 is 9.13 Å². The first kappa shape index (κ1) is 42.5. The minimum Gasteiger partial charge on any atom is -0.309 e. The third-order valence-electron chi connectivity index (χ3n) is 12.8. The molecule has 0 unspecified atom stereocenters. The fraction of sp³-hybridized carbons (Fsp3) is 0.0339. The van der Waals surface area contributed by atoms with Gasteiger partial charge in [-0.15, -0.1) is 0 Å². The van der Waals surface area contributed by atoms with Crippen molar-refractivity contribution in [3.05, 3.63) is 223 Å². The summed E-state index contributed by atoms with van der Waals surface area (Å²) >= 11 is 0. The van der Waals surface area contributed by atoms with Crippen LogP contribution in [-0.4, -0.2) is 24.1 Å². The first-order chi connectivity index (χ1) is 34.0. The summed E-state index contributed by atoms with van der Waals surface area (Å²) in [6.45, 7) is 0. The van der Waals surface area contributed by atoms with Crippen LogP contribution in [0.15, 0.2) is 212 Å². The molecule has 3 aromatic heterocycles. The van der Waals surface area contributed by atoms with Crippen molar-refractivity contribution in [3.8, 4) is 67.8 Å². The predicted molar refractivity (Wildman–Crippen MR) is 266 cm³/mol. The molecule has 0 saturated carbocycles. The van der Waals surface area contributed by atoms with Crippen molar-refractivity contribution in [3.63, 3.8) is 0 Å². The fourth-order valence-electron chi connectivity index (χ4n) is 9.59. The summed E-state index contributed by atoms with van der Waals surface area (Å²) in [6.07, 6.45) is -9.55. The first-order valence-electron chi connectivity index (χ1n) is 22.4. The van der Waals surface area contributed by atoms with E-state index >= 15 is 0 Å². The first-order valence-corrected chi connectivity index (χ1v) is 22.4. The molecule has 0 saturated heterocycles. The van der Waals surface area contributed by atoms with Crippen LogP contribution in [0.2, 0.25) is 0 Å². The van der Waals surface area contributed by atoms with Gasteiger partial charge in [-0.2, -0.15) is 26.3 Å². The zero-order chi connectivity index (χ0) is 47.7. The Morgan fingerprint density at radius 1 is 0.286 bits per heavy atom. The van der Waals surface area contributed by atoms with Gasteiger partial charge in [-0.1, -0.05) is 140 Å². The molecular weight excluding hydrogens is 893 g/mol. The van der Waals surface area contributed by atoms with Crippen molar-refractivity contribution in [2.45, 2.75) is 12.4 Å². The van der Waals surface area contributed by atoms with Crippen LogP contribution in [0.4, 0.5) is 26.3 Å². The van der Waals surface area contributed by atoms with Crippen LogP contribution < -0.4 is 0 Å². The van der Waals surface area contributed by atoms with Crippen LogP contribution >= 0.6 is 0 Å². The van der Waals surface area contributed by atoms with Gasteiger partial charge in [-0.25, -0.2) is 15.0 Å². The number of benzene rings is 9. The molecule has 70 heavy (non-hydrogen) atoms. The summed E-state index contributed by atoms with van der Waals surface area (Å²) in [4.78, 5) is 14.7. The van der Waals surface area contributed by atoms with Crippen LogP contribution in [0, 0.1) is 0 Å². The highest BCUT2D eigenvalue weighted by Gasteiger charge is 2.34. The summed E-state index contributed by atoms with van der Waals surface area (Å²) in [7, 11) is 0. The molecule has 0 spiro atoms. The van der Waals surface area contributed by atoms with Crippen LogP contribution in [0.3, 0.4) is 0 Å². The van der Waals surface area contributed by atoms with Gasteiger partial charge in [0, 0.05) is 38.2 Å². The van der Waals surface area contributed by atoms with Crippen molar-refractivity contribution >= 4 is 43.6 Å². The summed E-state index contributed by atoms with van der Waals surface area (Å²) in [6, 6.07) is 62.6. The van der Waals surface area contributed by atoms with Gasteiger partial charge in [0.1, 0.15) is 0 Å². The molecule has 12 aromatic rings. The van der Waals surface area contributed by atoms with E-state index in [2.05, 4.69) is 12.1 Å². The molecule has 0 atom stereocenters. The van der Waals surface area contributed by atoms with E-state index in [9.17, 15) is 26.3 Å². The topological polar surface area (TPSA) is 48.5 Å². The van der Waals surface area contributed by atoms with E-state index in [0.717, 1.165) is 68.1 Å². The van der Waals surface area contributed by atoms with Crippen molar-refractivity contribution in [1.82, 2.24) is 24.1 Å². The number of alkyl halides is 6. The number of rotatable bonds is 7. The highest BCUT2D eigenvalue weighted by atomic mass is 19.4. The van der Waals surface area contributed by atoms with E-state index in [1.165, 1.54) is 12.1 Å². The van der Waals surface area contributed by atoms with Crippen LogP contribution in [0.5, 0.6) is 0 Å².